The number of phenolic OH excluding ortho intramolecular Hbond substituents is 1. The van der Waals surface area contributed by atoms with E-state index >= 15 is 0 Å². The third kappa shape index (κ3) is 3.11. The van der Waals surface area contributed by atoms with Gasteiger partial charge in [-0.15, -0.1) is 0 Å². The number of aliphatic hydroxyl groups is 1. The molecule has 1 unspecified atom stereocenters. The van der Waals surface area contributed by atoms with Gasteiger partial charge in [0.05, 0.1) is 6.10 Å². The van der Waals surface area contributed by atoms with E-state index in [-0.39, 0.29) is 5.75 Å². The van der Waals surface area contributed by atoms with Gasteiger partial charge in [-0.2, -0.15) is 0 Å². The molecular formula is C16H18O2. The number of benzene rings is 2. The van der Waals surface area contributed by atoms with Crippen molar-refractivity contribution in [3.05, 3.63) is 65.2 Å². The minimum absolute atomic E-state index is 0.250. The van der Waals surface area contributed by atoms with Crippen LogP contribution in [0.5, 0.6) is 5.75 Å². The fourth-order valence-corrected chi connectivity index (χ4v) is 1.95. The minimum atomic E-state index is -0.500. The molecule has 0 bridgehead atoms. The highest BCUT2D eigenvalue weighted by molar-refractivity contribution is 5.29. The Morgan fingerprint density at radius 2 is 1.44 bits per heavy atom. The third-order valence-electron chi connectivity index (χ3n) is 3.14. The van der Waals surface area contributed by atoms with Crippen molar-refractivity contribution in [3.63, 3.8) is 0 Å². The normalized spacial score (nSPS) is 12.3. The molecule has 0 saturated carbocycles. The topological polar surface area (TPSA) is 40.5 Å². The maximum atomic E-state index is 10.1. The van der Waals surface area contributed by atoms with Crippen molar-refractivity contribution in [2.45, 2.75) is 25.9 Å². The average molecular weight is 242 g/mol. The summed E-state index contributed by atoms with van der Waals surface area (Å²) in [5, 5.41) is 19.3. The highest BCUT2D eigenvalue weighted by Crippen LogP contribution is 2.20. The Bertz CT molecular complexity index is 486. The quantitative estimate of drug-likeness (QED) is 0.864. The van der Waals surface area contributed by atoms with Crippen molar-refractivity contribution in [2.24, 2.45) is 0 Å². The first-order valence-electron chi connectivity index (χ1n) is 6.24. The number of rotatable bonds is 4. The lowest BCUT2D eigenvalue weighted by molar-refractivity contribution is 0.178. The van der Waals surface area contributed by atoms with E-state index in [2.05, 4.69) is 19.1 Å². The summed E-state index contributed by atoms with van der Waals surface area (Å²) in [7, 11) is 0. The number of hydrogen-bond donors (Lipinski definition) is 2. The van der Waals surface area contributed by atoms with E-state index in [1.807, 2.05) is 24.3 Å². The Kier molecular flexibility index (Phi) is 4.00. The number of aryl methyl sites for hydroxylation is 1. The summed E-state index contributed by atoms with van der Waals surface area (Å²) < 4.78 is 0. The number of phenols is 1. The molecule has 2 aromatic rings. The summed E-state index contributed by atoms with van der Waals surface area (Å²) in [5.41, 5.74) is 3.22. The molecule has 0 amide bonds. The molecular weight excluding hydrogens is 224 g/mol. The van der Waals surface area contributed by atoms with E-state index in [9.17, 15) is 10.2 Å². The highest BCUT2D eigenvalue weighted by atomic mass is 16.3. The van der Waals surface area contributed by atoms with Gasteiger partial charge in [-0.25, -0.2) is 0 Å². The maximum Gasteiger partial charge on any atom is 0.115 e. The van der Waals surface area contributed by atoms with Crippen molar-refractivity contribution in [1.29, 1.82) is 0 Å². The Morgan fingerprint density at radius 3 is 2.00 bits per heavy atom. The van der Waals surface area contributed by atoms with Gasteiger partial charge in [-0.3, -0.25) is 0 Å². The van der Waals surface area contributed by atoms with Crippen molar-refractivity contribution in [1.82, 2.24) is 0 Å². The summed E-state index contributed by atoms with van der Waals surface area (Å²) in [4.78, 5) is 0. The Hall–Kier alpha value is -1.80. The number of aromatic hydroxyl groups is 1. The first-order valence-corrected chi connectivity index (χ1v) is 6.24. The van der Waals surface area contributed by atoms with E-state index in [0.29, 0.717) is 6.42 Å². The fraction of sp³-hybridized carbons (Fsp3) is 0.250. The van der Waals surface area contributed by atoms with Crippen LogP contribution in [0.15, 0.2) is 48.5 Å². The summed E-state index contributed by atoms with van der Waals surface area (Å²) in [6.07, 6.45) is 1.07. The van der Waals surface area contributed by atoms with Gasteiger partial charge in [0.1, 0.15) is 5.75 Å². The molecule has 0 aliphatic heterocycles. The third-order valence-corrected chi connectivity index (χ3v) is 3.14. The van der Waals surface area contributed by atoms with Gasteiger partial charge in [-0.1, -0.05) is 43.3 Å². The van der Waals surface area contributed by atoms with Crippen molar-refractivity contribution in [3.8, 4) is 5.75 Å². The molecule has 0 spiro atoms. The Balaban J connectivity index is 2.06. The second-order valence-corrected chi connectivity index (χ2v) is 4.48. The highest BCUT2D eigenvalue weighted by Gasteiger charge is 2.08. The summed E-state index contributed by atoms with van der Waals surface area (Å²) >= 11 is 0. The van der Waals surface area contributed by atoms with E-state index in [1.54, 1.807) is 12.1 Å². The second kappa shape index (κ2) is 5.69. The van der Waals surface area contributed by atoms with Gasteiger partial charge in [0.2, 0.25) is 0 Å². The lowest BCUT2D eigenvalue weighted by Crippen LogP contribution is -2.01. The van der Waals surface area contributed by atoms with Crippen LogP contribution in [-0.2, 0) is 12.8 Å². The lowest BCUT2D eigenvalue weighted by Gasteiger charge is -2.11. The summed E-state index contributed by atoms with van der Waals surface area (Å²) in [5.74, 6) is 0.250. The lowest BCUT2D eigenvalue weighted by atomic mass is 10.00. The molecule has 0 radical (unpaired) electrons. The van der Waals surface area contributed by atoms with Crippen LogP contribution in [-0.4, -0.2) is 10.2 Å². The molecule has 94 valence electrons. The zero-order valence-corrected chi connectivity index (χ0v) is 10.5. The zero-order valence-electron chi connectivity index (χ0n) is 10.5. The van der Waals surface area contributed by atoms with Crippen molar-refractivity contribution in [2.75, 3.05) is 0 Å². The zero-order chi connectivity index (χ0) is 13.0. The van der Waals surface area contributed by atoms with Crippen molar-refractivity contribution >= 4 is 0 Å². The number of hydrogen-bond acceptors (Lipinski definition) is 2. The molecule has 0 aliphatic carbocycles. The van der Waals surface area contributed by atoms with E-state index in [1.165, 1.54) is 5.56 Å². The van der Waals surface area contributed by atoms with Gasteiger partial charge in [0.25, 0.3) is 0 Å². The monoisotopic (exact) mass is 242 g/mol. The summed E-state index contributed by atoms with van der Waals surface area (Å²) in [6, 6.07) is 15.0. The van der Waals surface area contributed by atoms with Crippen LogP contribution in [0.3, 0.4) is 0 Å². The fourth-order valence-electron chi connectivity index (χ4n) is 1.95. The standard InChI is InChI=1S/C16H18O2/c1-2-12-3-7-14(8-4-12)16(18)11-13-5-9-15(17)10-6-13/h3-10,16-18H,2,11H2,1H3. The predicted molar refractivity (Wildman–Crippen MR) is 72.6 cm³/mol. The SMILES string of the molecule is CCc1ccc(C(O)Cc2ccc(O)cc2)cc1. The molecule has 0 saturated heterocycles. The first kappa shape index (κ1) is 12.7. The van der Waals surface area contributed by atoms with Crippen LogP contribution in [0.2, 0.25) is 0 Å². The smallest absolute Gasteiger partial charge is 0.115 e. The van der Waals surface area contributed by atoms with Crippen LogP contribution in [0.1, 0.15) is 29.7 Å². The molecule has 2 heteroatoms. The Morgan fingerprint density at radius 1 is 0.889 bits per heavy atom. The molecule has 2 nitrogen and oxygen atoms in total. The number of aliphatic hydroxyl groups excluding tert-OH is 1. The van der Waals surface area contributed by atoms with Gasteiger partial charge < -0.3 is 10.2 Å². The van der Waals surface area contributed by atoms with Crippen LogP contribution in [0.25, 0.3) is 0 Å². The van der Waals surface area contributed by atoms with Gasteiger partial charge in [0.15, 0.2) is 0 Å². The maximum absolute atomic E-state index is 10.1. The Labute approximate surface area is 108 Å². The molecule has 1 atom stereocenters. The summed E-state index contributed by atoms with van der Waals surface area (Å²) in [6.45, 7) is 2.11. The molecule has 2 aromatic carbocycles. The van der Waals surface area contributed by atoms with Gasteiger partial charge >= 0.3 is 0 Å². The molecule has 0 aliphatic rings. The average Bonchev–Trinajstić information content (AvgIpc) is 2.41. The van der Waals surface area contributed by atoms with E-state index in [0.717, 1.165) is 17.5 Å². The van der Waals surface area contributed by atoms with Gasteiger partial charge in [0, 0.05) is 6.42 Å². The molecule has 2 rings (SSSR count). The van der Waals surface area contributed by atoms with Crippen LogP contribution >= 0.6 is 0 Å². The second-order valence-electron chi connectivity index (χ2n) is 4.48. The molecule has 0 fully saturated rings. The largest absolute Gasteiger partial charge is 0.508 e. The van der Waals surface area contributed by atoms with Crippen LogP contribution in [0.4, 0.5) is 0 Å². The van der Waals surface area contributed by atoms with Crippen LogP contribution < -0.4 is 0 Å². The van der Waals surface area contributed by atoms with Crippen molar-refractivity contribution < 1.29 is 10.2 Å². The molecule has 0 aromatic heterocycles. The van der Waals surface area contributed by atoms with Gasteiger partial charge in [-0.05, 0) is 35.2 Å². The van der Waals surface area contributed by atoms with E-state index in [4.69, 9.17) is 0 Å². The van der Waals surface area contributed by atoms with E-state index < -0.39 is 6.10 Å². The molecule has 0 heterocycles. The first-order chi connectivity index (χ1) is 8.69. The minimum Gasteiger partial charge on any atom is -0.508 e. The predicted octanol–water partition coefficient (Wildman–Crippen LogP) is 3.23. The van der Waals surface area contributed by atoms with Crippen LogP contribution in [0, 0.1) is 0 Å². The molecule has 2 N–H and O–H groups in total. The molecule has 18 heavy (non-hydrogen) atoms.